The maximum absolute atomic E-state index is 6.27. The van der Waals surface area contributed by atoms with Gasteiger partial charge in [0, 0.05) is 22.2 Å². The molecule has 4 nitrogen and oxygen atoms in total. The molecule has 0 spiro atoms. The van der Waals surface area contributed by atoms with Crippen molar-refractivity contribution in [1.82, 2.24) is 14.8 Å². The van der Waals surface area contributed by atoms with Crippen LogP contribution in [0.4, 0.5) is 0 Å². The Morgan fingerprint density at radius 2 is 2.20 bits per heavy atom. The molecule has 6 heteroatoms. The van der Waals surface area contributed by atoms with E-state index in [-0.39, 0.29) is 6.10 Å². The Morgan fingerprint density at radius 3 is 2.85 bits per heavy atom. The zero-order valence-corrected chi connectivity index (χ0v) is 12.8. The van der Waals surface area contributed by atoms with Gasteiger partial charge >= 0.3 is 0 Å². The number of ether oxygens (including phenoxy) is 1. The molecular weight excluding hydrogens is 297 g/mol. The normalized spacial score (nSPS) is 12.6. The topological polar surface area (TPSA) is 39.9 Å². The van der Waals surface area contributed by atoms with E-state index in [1.807, 2.05) is 12.1 Å². The molecule has 0 aliphatic carbocycles. The summed E-state index contributed by atoms with van der Waals surface area (Å²) in [6, 6.07) is 5.45. The Labute approximate surface area is 128 Å². The van der Waals surface area contributed by atoms with Crippen molar-refractivity contribution in [2.24, 2.45) is 0 Å². The van der Waals surface area contributed by atoms with Gasteiger partial charge < -0.3 is 4.74 Å². The van der Waals surface area contributed by atoms with Crippen molar-refractivity contribution >= 4 is 23.2 Å². The third kappa shape index (κ3) is 4.20. The second kappa shape index (κ2) is 7.62. The highest BCUT2D eigenvalue weighted by atomic mass is 35.5. The summed E-state index contributed by atoms with van der Waals surface area (Å²) < 4.78 is 7.68. The van der Waals surface area contributed by atoms with Crippen LogP contribution >= 0.6 is 23.2 Å². The number of unbranched alkanes of at least 4 members (excludes halogenated alkanes) is 1. The molecule has 0 bridgehead atoms. The van der Waals surface area contributed by atoms with Crippen LogP contribution in [0.3, 0.4) is 0 Å². The summed E-state index contributed by atoms with van der Waals surface area (Å²) in [5.74, 6) is 0. The van der Waals surface area contributed by atoms with Gasteiger partial charge in [-0.3, -0.25) is 4.68 Å². The molecule has 1 atom stereocenters. The summed E-state index contributed by atoms with van der Waals surface area (Å²) in [7, 11) is 0. The van der Waals surface area contributed by atoms with Gasteiger partial charge in [0.15, 0.2) is 0 Å². The van der Waals surface area contributed by atoms with E-state index < -0.39 is 0 Å². The lowest BCUT2D eigenvalue weighted by Crippen LogP contribution is -2.14. The number of rotatable bonds is 7. The van der Waals surface area contributed by atoms with Crippen LogP contribution in [0.15, 0.2) is 30.9 Å². The van der Waals surface area contributed by atoms with Crippen molar-refractivity contribution < 1.29 is 4.74 Å². The Balaban J connectivity index is 2.15. The molecule has 1 heterocycles. The van der Waals surface area contributed by atoms with E-state index in [9.17, 15) is 0 Å². The third-order valence-electron chi connectivity index (χ3n) is 2.95. The van der Waals surface area contributed by atoms with Gasteiger partial charge in [-0.05, 0) is 18.6 Å². The molecule has 1 unspecified atom stereocenters. The fraction of sp³-hybridized carbons (Fsp3) is 0.429. The zero-order chi connectivity index (χ0) is 14.4. The van der Waals surface area contributed by atoms with E-state index in [0.29, 0.717) is 23.2 Å². The van der Waals surface area contributed by atoms with E-state index in [4.69, 9.17) is 27.9 Å². The van der Waals surface area contributed by atoms with E-state index >= 15 is 0 Å². The number of aromatic nitrogens is 3. The molecule has 0 aliphatic heterocycles. The fourth-order valence-electron chi connectivity index (χ4n) is 1.87. The van der Waals surface area contributed by atoms with Crippen LogP contribution in [0.25, 0.3) is 0 Å². The Hall–Kier alpha value is -1.10. The summed E-state index contributed by atoms with van der Waals surface area (Å²) in [5.41, 5.74) is 0.919. The maximum Gasteiger partial charge on any atom is 0.137 e. The van der Waals surface area contributed by atoms with Gasteiger partial charge in [-0.2, -0.15) is 5.10 Å². The summed E-state index contributed by atoms with van der Waals surface area (Å²) in [6.07, 6.45) is 5.11. The van der Waals surface area contributed by atoms with Crippen LogP contribution < -0.4 is 0 Å². The molecule has 1 aromatic heterocycles. The van der Waals surface area contributed by atoms with Crippen LogP contribution in [-0.2, 0) is 11.3 Å². The lowest BCUT2D eigenvalue weighted by Gasteiger charge is -2.19. The third-order valence-corrected chi connectivity index (χ3v) is 3.51. The lowest BCUT2D eigenvalue weighted by molar-refractivity contribution is 0.0363. The van der Waals surface area contributed by atoms with Crippen molar-refractivity contribution in [3.8, 4) is 0 Å². The highest BCUT2D eigenvalue weighted by Crippen LogP contribution is 2.29. The van der Waals surface area contributed by atoms with Crippen LogP contribution in [-0.4, -0.2) is 21.4 Å². The molecular formula is C14H17Cl2N3O. The van der Waals surface area contributed by atoms with Crippen LogP contribution in [0, 0.1) is 0 Å². The fourth-order valence-corrected chi connectivity index (χ4v) is 2.40. The van der Waals surface area contributed by atoms with Crippen molar-refractivity contribution in [2.45, 2.75) is 32.4 Å². The molecule has 20 heavy (non-hydrogen) atoms. The number of hydrogen-bond acceptors (Lipinski definition) is 3. The van der Waals surface area contributed by atoms with Gasteiger partial charge in [0.1, 0.15) is 18.8 Å². The Kier molecular flexibility index (Phi) is 5.83. The first-order valence-electron chi connectivity index (χ1n) is 6.59. The maximum atomic E-state index is 6.27. The SMILES string of the molecule is CCCCOC(Cn1cncn1)c1ccc(Cl)cc1Cl. The molecule has 0 saturated carbocycles. The molecule has 0 aliphatic rings. The molecule has 0 radical (unpaired) electrons. The average Bonchev–Trinajstić information content (AvgIpc) is 2.91. The first kappa shape index (κ1) is 15.3. The summed E-state index contributed by atoms with van der Waals surface area (Å²) >= 11 is 12.2. The highest BCUT2D eigenvalue weighted by molar-refractivity contribution is 6.35. The van der Waals surface area contributed by atoms with Crippen molar-refractivity contribution in [3.63, 3.8) is 0 Å². The number of hydrogen-bond donors (Lipinski definition) is 0. The van der Waals surface area contributed by atoms with Crippen LogP contribution in [0.5, 0.6) is 0 Å². The lowest BCUT2D eigenvalue weighted by atomic mass is 10.1. The van der Waals surface area contributed by atoms with Gasteiger partial charge in [-0.25, -0.2) is 4.98 Å². The number of halogens is 2. The largest absolute Gasteiger partial charge is 0.372 e. The standard InChI is InChI=1S/C14H17Cl2N3O/c1-2-3-6-20-14(8-19-10-17-9-18-19)12-5-4-11(15)7-13(12)16/h4-5,7,9-10,14H,2-3,6,8H2,1H3. The Morgan fingerprint density at radius 1 is 1.35 bits per heavy atom. The molecule has 108 valence electrons. The van der Waals surface area contributed by atoms with Crippen molar-refractivity contribution in [1.29, 1.82) is 0 Å². The molecule has 2 rings (SSSR count). The minimum Gasteiger partial charge on any atom is -0.372 e. The molecule has 1 aromatic carbocycles. The van der Waals surface area contributed by atoms with Gasteiger partial charge in [0.25, 0.3) is 0 Å². The predicted octanol–water partition coefficient (Wildman–Crippen LogP) is 4.14. The minimum absolute atomic E-state index is 0.159. The van der Waals surface area contributed by atoms with Gasteiger partial charge in [-0.15, -0.1) is 0 Å². The molecule has 0 fully saturated rings. The van der Waals surface area contributed by atoms with Crippen LogP contribution in [0.2, 0.25) is 10.0 Å². The van der Waals surface area contributed by atoms with Gasteiger partial charge in [-0.1, -0.05) is 42.6 Å². The van der Waals surface area contributed by atoms with Crippen molar-refractivity contribution in [2.75, 3.05) is 6.61 Å². The Bertz CT molecular complexity index is 531. The van der Waals surface area contributed by atoms with Gasteiger partial charge in [0.2, 0.25) is 0 Å². The van der Waals surface area contributed by atoms with Crippen molar-refractivity contribution in [3.05, 3.63) is 46.5 Å². The second-order valence-corrected chi connectivity index (χ2v) is 5.34. The monoisotopic (exact) mass is 313 g/mol. The molecule has 2 aromatic rings. The number of benzene rings is 1. The smallest absolute Gasteiger partial charge is 0.137 e. The van der Waals surface area contributed by atoms with Crippen LogP contribution in [0.1, 0.15) is 31.4 Å². The zero-order valence-electron chi connectivity index (χ0n) is 11.3. The molecule has 0 amide bonds. The number of nitrogens with zero attached hydrogens (tertiary/aromatic N) is 3. The summed E-state index contributed by atoms with van der Waals surface area (Å²) in [5, 5.41) is 5.34. The first-order chi connectivity index (χ1) is 9.70. The van der Waals surface area contributed by atoms with E-state index in [2.05, 4.69) is 17.0 Å². The molecule has 0 saturated heterocycles. The van der Waals surface area contributed by atoms with E-state index in [1.54, 1.807) is 17.1 Å². The highest BCUT2D eigenvalue weighted by Gasteiger charge is 2.17. The molecule has 0 N–H and O–H groups in total. The predicted molar refractivity (Wildman–Crippen MR) is 80.1 cm³/mol. The minimum atomic E-state index is -0.159. The van der Waals surface area contributed by atoms with E-state index in [0.717, 1.165) is 18.4 Å². The summed E-state index contributed by atoms with van der Waals surface area (Å²) in [6.45, 7) is 3.39. The summed E-state index contributed by atoms with van der Waals surface area (Å²) in [4.78, 5) is 3.94. The second-order valence-electron chi connectivity index (χ2n) is 4.50. The first-order valence-corrected chi connectivity index (χ1v) is 7.35. The average molecular weight is 314 g/mol. The van der Waals surface area contributed by atoms with Gasteiger partial charge in [0.05, 0.1) is 6.54 Å². The quantitative estimate of drug-likeness (QED) is 0.721. The van der Waals surface area contributed by atoms with E-state index in [1.165, 1.54) is 6.33 Å².